The van der Waals surface area contributed by atoms with Crippen LogP contribution in [0.5, 0.6) is 0 Å². The maximum atomic E-state index is 12.5. The molecule has 29 heavy (non-hydrogen) atoms. The van der Waals surface area contributed by atoms with Gasteiger partial charge in [0, 0.05) is 17.8 Å². The highest BCUT2D eigenvalue weighted by Crippen LogP contribution is 2.31. The first kappa shape index (κ1) is 21.3. The monoisotopic (exact) mass is 427 g/mol. The van der Waals surface area contributed by atoms with Gasteiger partial charge in [-0.25, -0.2) is 4.98 Å². The molecule has 3 aromatic rings. The Labute approximate surface area is 179 Å². The summed E-state index contributed by atoms with van der Waals surface area (Å²) in [5, 5.41) is 5.95. The Morgan fingerprint density at radius 1 is 1.00 bits per heavy atom. The van der Waals surface area contributed by atoms with E-state index in [9.17, 15) is 9.59 Å². The van der Waals surface area contributed by atoms with E-state index in [4.69, 9.17) is 0 Å². The van der Waals surface area contributed by atoms with Crippen molar-refractivity contribution in [3.63, 3.8) is 0 Å². The third-order valence-corrected chi connectivity index (χ3v) is 6.72. The zero-order valence-electron chi connectivity index (χ0n) is 16.9. The molecule has 0 atom stereocenters. The standard InChI is InChI=1S/C22H25N3O2S2/c1-4-14-8-7-9-15(5-2)21(14)25-20(27)13-28-22-24-17-11-10-16(12-18(17)29-22)23-19(26)6-3/h7-12H,4-6,13H2,1-3H3,(H,23,26)(H,25,27). The average Bonchev–Trinajstić information content (AvgIpc) is 3.14. The second kappa shape index (κ2) is 9.89. The van der Waals surface area contributed by atoms with Crippen molar-refractivity contribution >= 4 is 56.5 Å². The smallest absolute Gasteiger partial charge is 0.234 e. The lowest BCUT2D eigenvalue weighted by Crippen LogP contribution is -2.16. The Hall–Kier alpha value is -2.38. The molecule has 3 rings (SSSR count). The number of benzene rings is 2. The average molecular weight is 428 g/mol. The molecule has 7 heteroatoms. The summed E-state index contributed by atoms with van der Waals surface area (Å²) in [5.41, 5.74) is 4.90. The van der Waals surface area contributed by atoms with E-state index in [1.165, 1.54) is 23.1 Å². The lowest BCUT2D eigenvalue weighted by atomic mass is 10.0. The maximum Gasteiger partial charge on any atom is 0.234 e. The second-order valence-corrected chi connectivity index (χ2v) is 8.81. The van der Waals surface area contributed by atoms with Gasteiger partial charge in [0.2, 0.25) is 11.8 Å². The number of amides is 2. The number of hydrogen-bond donors (Lipinski definition) is 2. The van der Waals surface area contributed by atoms with Crippen molar-refractivity contribution in [1.29, 1.82) is 0 Å². The molecule has 0 spiro atoms. The van der Waals surface area contributed by atoms with Crippen LogP contribution < -0.4 is 10.6 Å². The fourth-order valence-electron chi connectivity index (χ4n) is 3.00. The van der Waals surface area contributed by atoms with Gasteiger partial charge >= 0.3 is 0 Å². The van der Waals surface area contributed by atoms with E-state index in [2.05, 4.69) is 41.6 Å². The summed E-state index contributed by atoms with van der Waals surface area (Å²) in [6.45, 7) is 6.01. The molecule has 0 unspecified atom stereocenters. The molecule has 2 amide bonds. The van der Waals surface area contributed by atoms with Crippen LogP contribution in [0.15, 0.2) is 40.7 Å². The van der Waals surface area contributed by atoms with Crippen LogP contribution in [0.25, 0.3) is 10.2 Å². The maximum absolute atomic E-state index is 12.5. The number of thiazole rings is 1. The minimum atomic E-state index is -0.0271. The summed E-state index contributed by atoms with van der Waals surface area (Å²) in [4.78, 5) is 28.7. The van der Waals surface area contributed by atoms with E-state index < -0.39 is 0 Å². The first-order chi connectivity index (χ1) is 14.0. The Bertz CT molecular complexity index is 1010. The first-order valence-corrected chi connectivity index (χ1v) is 11.6. The Balaban J connectivity index is 1.66. The highest BCUT2D eigenvalue weighted by Gasteiger charge is 2.12. The summed E-state index contributed by atoms with van der Waals surface area (Å²) in [7, 11) is 0. The summed E-state index contributed by atoms with van der Waals surface area (Å²) < 4.78 is 1.83. The predicted molar refractivity (Wildman–Crippen MR) is 123 cm³/mol. The molecular weight excluding hydrogens is 402 g/mol. The van der Waals surface area contributed by atoms with Crippen LogP contribution in [0.1, 0.15) is 38.3 Å². The molecule has 0 aliphatic carbocycles. The predicted octanol–water partition coefficient (Wildman–Crippen LogP) is 5.50. The number of aromatic nitrogens is 1. The van der Waals surface area contributed by atoms with Crippen LogP contribution in [-0.2, 0) is 22.4 Å². The van der Waals surface area contributed by atoms with Gasteiger partial charge in [-0.1, -0.05) is 50.7 Å². The highest BCUT2D eigenvalue weighted by molar-refractivity contribution is 8.01. The van der Waals surface area contributed by atoms with Crippen molar-refractivity contribution in [3.05, 3.63) is 47.5 Å². The first-order valence-electron chi connectivity index (χ1n) is 9.77. The summed E-state index contributed by atoms with van der Waals surface area (Å²) >= 11 is 2.96. The van der Waals surface area contributed by atoms with E-state index >= 15 is 0 Å². The van der Waals surface area contributed by atoms with Crippen molar-refractivity contribution in [1.82, 2.24) is 4.98 Å². The Kier molecular flexibility index (Phi) is 7.28. The molecule has 0 bridgehead atoms. The van der Waals surface area contributed by atoms with Gasteiger partial charge < -0.3 is 10.6 Å². The van der Waals surface area contributed by atoms with Crippen LogP contribution in [0.3, 0.4) is 0 Å². The SMILES string of the molecule is CCC(=O)Nc1ccc2nc(SCC(=O)Nc3c(CC)cccc3CC)sc2c1. The summed E-state index contributed by atoms with van der Waals surface area (Å²) in [6.07, 6.45) is 2.20. The van der Waals surface area contributed by atoms with Crippen molar-refractivity contribution < 1.29 is 9.59 Å². The van der Waals surface area contributed by atoms with Crippen LogP contribution in [-0.4, -0.2) is 22.6 Å². The van der Waals surface area contributed by atoms with Gasteiger partial charge in [-0.15, -0.1) is 11.3 Å². The topological polar surface area (TPSA) is 71.1 Å². The molecule has 2 N–H and O–H groups in total. The zero-order chi connectivity index (χ0) is 20.8. The van der Waals surface area contributed by atoms with Crippen molar-refractivity contribution in [2.45, 2.75) is 44.4 Å². The van der Waals surface area contributed by atoms with Gasteiger partial charge in [-0.05, 0) is 42.2 Å². The normalized spacial score (nSPS) is 10.9. The molecule has 0 aliphatic heterocycles. The van der Waals surface area contributed by atoms with Gasteiger partial charge in [0.1, 0.15) is 0 Å². The van der Waals surface area contributed by atoms with E-state index in [0.29, 0.717) is 12.2 Å². The van der Waals surface area contributed by atoms with Crippen LogP contribution in [0.4, 0.5) is 11.4 Å². The number of carbonyl (C=O) groups is 2. The number of thioether (sulfide) groups is 1. The Morgan fingerprint density at radius 3 is 2.38 bits per heavy atom. The van der Waals surface area contributed by atoms with Crippen LogP contribution in [0, 0.1) is 0 Å². The molecule has 5 nitrogen and oxygen atoms in total. The zero-order valence-corrected chi connectivity index (χ0v) is 18.5. The number of anilines is 2. The molecule has 152 valence electrons. The lowest BCUT2D eigenvalue weighted by Gasteiger charge is -2.14. The molecule has 0 aliphatic rings. The molecular formula is C22H25N3O2S2. The van der Waals surface area contributed by atoms with Gasteiger partial charge in [0.25, 0.3) is 0 Å². The molecule has 0 fully saturated rings. The van der Waals surface area contributed by atoms with E-state index in [1.807, 2.05) is 31.2 Å². The molecule has 0 saturated carbocycles. The largest absolute Gasteiger partial charge is 0.326 e. The van der Waals surface area contributed by atoms with E-state index in [0.717, 1.165) is 49.9 Å². The van der Waals surface area contributed by atoms with Gasteiger partial charge in [-0.2, -0.15) is 0 Å². The molecule has 1 aromatic heterocycles. The number of nitrogens with zero attached hydrogens (tertiary/aromatic N) is 1. The minimum Gasteiger partial charge on any atom is -0.326 e. The number of nitrogens with one attached hydrogen (secondary N) is 2. The molecule has 1 heterocycles. The molecule has 0 saturated heterocycles. The quantitative estimate of drug-likeness (QED) is 0.466. The lowest BCUT2D eigenvalue weighted by molar-refractivity contribution is -0.116. The van der Waals surface area contributed by atoms with E-state index in [1.54, 1.807) is 0 Å². The fourth-order valence-corrected chi connectivity index (χ4v) is 4.91. The third-order valence-electron chi connectivity index (χ3n) is 4.56. The van der Waals surface area contributed by atoms with Gasteiger partial charge in [-0.3, -0.25) is 9.59 Å². The molecule has 0 radical (unpaired) electrons. The van der Waals surface area contributed by atoms with Crippen LogP contribution >= 0.6 is 23.1 Å². The minimum absolute atomic E-state index is 0.0149. The van der Waals surface area contributed by atoms with Crippen molar-refractivity contribution in [3.8, 4) is 0 Å². The number of fused-ring (bicyclic) bond motifs is 1. The van der Waals surface area contributed by atoms with Crippen molar-refractivity contribution in [2.75, 3.05) is 16.4 Å². The van der Waals surface area contributed by atoms with Gasteiger partial charge in [0.15, 0.2) is 4.34 Å². The number of carbonyl (C=O) groups excluding carboxylic acids is 2. The number of para-hydroxylation sites is 1. The van der Waals surface area contributed by atoms with Crippen LogP contribution in [0.2, 0.25) is 0 Å². The molecule has 2 aromatic carbocycles. The number of rotatable bonds is 8. The number of hydrogen-bond acceptors (Lipinski definition) is 5. The van der Waals surface area contributed by atoms with Crippen molar-refractivity contribution in [2.24, 2.45) is 0 Å². The van der Waals surface area contributed by atoms with Gasteiger partial charge in [0.05, 0.1) is 16.0 Å². The third kappa shape index (κ3) is 5.36. The summed E-state index contributed by atoms with van der Waals surface area (Å²) in [6, 6.07) is 11.8. The summed E-state index contributed by atoms with van der Waals surface area (Å²) in [5.74, 6) is 0.264. The highest BCUT2D eigenvalue weighted by atomic mass is 32.2. The second-order valence-electron chi connectivity index (χ2n) is 6.56. The Morgan fingerprint density at radius 2 is 1.72 bits per heavy atom. The van der Waals surface area contributed by atoms with E-state index in [-0.39, 0.29) is 11.8 Å². The fraction of sp³-hybridized carbons (Fsp3) is 0.318. The number of aryl methyl sites for hydroxylation is 2.